The normalized spacial score (nSPS) is 11.1. The van der Waals surface area contributed by atoms with Crippen LogP contribution < -0.4 is 0 Å². The van der Waals surface area contributed by atoms with E-state index in [9.17, 15) is 4.79 Å². The van der Waals surface area contributed by atoms with Gasteiger partial charge in [0.1, 0.15) is 0 Å². The van der Waals surface area contributed by atoms with Crippen molar-refractivity contribution in [1.82, 2.24) is 5.23 Å². The smallest absolute Gasteiger partial charge is 0.351 e. The highest BCUT2D eigenvalue weighted by molar-refractivity contribution is 5.83. The second kappa shape index (κ2) is 5.61. The van der Waals surface area contributed by atoms with Crippen LogP contribution in [0.1, 0.15) is 0 Å². The van der Waals surface area contributed by atoms with Gasteiger partial charge in [0.2, 0.25) is 0 Å². The Morgan fingerprint density at radius 1 is 1.50 bits per heavy atom. The predicted molar refractivity (Wildman–Crippen MR) is 37.1 cm³/mol. The van der Waals surface area contributed by atoms with Gasteiger partial charge in [-0.05, 0) is 0 Å². The Morgan fingerprint density at radius 3 is 2.33 bits per heavy atom. The van der Waals surface area contributed by atoms with Crippen molar-refractivity contribution in [2.45, 2.75) is 6.29 Å². The number of hydroxylamine groups is 2. The van der Waals surface area contributed by atoms with Gasteiger partial charge in [-0.25, -0.2) is 4.79 Å². The summed E-state index contributed by atoms with van der Waals surface area (Å²) in [4.78, 5) is 13.5. The van der Waals surface area contributed by atoms with E-state index in [1.807, 2.05) is 0 Å². The van der Waals surface area contributed by atoms with E-state index in [4.69, 9.17) is 10.4 Å². The van der Waals surface area contributed by atoms with Crippen molar-refractivity contribution in [3.63, 3.8) is 0 Å². The standard InChI is InChI=1S/C5H10N2O5/c1-11-4(12-2)3-6-5(8)7(9)10/h3-4,9-10H,1-2H3. The average Bonchev–Trinajstić information content (AvgIpc) is 2.05. The fourth-order valence-electron chi connectivity index (χ4n) is 0.394. The molecule has 7 nitrogen and oxygen atoms in total. The number of hydrogen-bond acceptors (Lipinski definition) is 5. The van der Waals surface area contributed by atoms with E-state index >= 15 is 0 Å². The molecule has 2 N–H and O–H groups in total. The fraction of sp³-hybridized carbons (Fsp3) is 0.600. The van der Waals surface area contributed by atoms with Crippen molar-refractivity contribution in [2.75, 3.05) is 14.2 Å². The largest absolute Gasteiger partial charge is 0.392 e. The Labute approximate surface area is 68.7 Å². The van der Waals surface area contributed by atoms with E-state index in [0.29, 0.717) is 0 Å². The zero-order valence-corrected chi connectivity index (χ0v) is 6.67. The molecule has 70 valence electrons. The quantitative estimate of drug-likeness (QED) is 0.272. The number of urea groups is 1. The monoisotopic (exact) mass is 178 g/mol. The highest BCUT2D eigenvalue weighted by Crippen LogP contribution is 1.88. The number of hydrogen-bond donors (Lipinski definition) is 2. The molecular formula is C5H10N2O5. The minimum Gasteiger partial charge on any atom is -0.351 e. The fourth-order valence-corrected chi connectivity index (χ4v) is 0.394. The van der Waals surface area contributed by atoms with Gasteiger partial charge in [-0.15, -0.1) is 0 Å². The van der Waals surface area contributed by atoms with E-state index in [1.54, 1.807) is 0 Å². The molecule has 0 aromatic rings. The van der Waals surface area contributed by atoms with Gasteiger partial charge in [-0.2, -0.15) is 4.99 Å². The van der Waals surface area contributed by atoms with E-state index in [-0.39, 0.29) is 0 Å². The summed E-state index contributed by atoms with van der Waals surface area (Å²) in [5.41, 5.74) is 0. The molecule has 0 bridgehead atoms. The van der Waals surface area contributed by atoms with Crippen molar-refractivity contribution in [3.05, 3.63) is 0 Å². The second-order valence-corrected chi connectivity index (χ2v) is 1.69. The van der Waals surface area contributed by atoms with Crippen LogP contribution in [0.25, 0.3) is 0 Å². The van der Waals surface area contributed by atoms with Gasteiger partial charge >= 0.3 is 6.03 Å². The van der Waals surface area contributed by atoms with Crippen LogP contribution in [0.5, 0.6) is 0 Å². The molecule has 0 aliphatic carbocycles. The molecule has 0 atom stereocenters. The number of ether oxygens (including phenoxy) is 2. The first-order chi connectivity index (χ1) is 5.61. The van der Waals surface area contributed by atoms with Gasteiger partial charge in [-0.1, -0.05) is 5.23 Å². The van der Waals surface area contributed by atoms with Gasteiger partial charge in [0.25, 0.3) is 0 Å². The van der Waals surface area contributed by atoms with Crippen molar-refractivity contribution < 1.29 is 24.7 Å². The maximum absolute atomic E-state index is 10.4. The van der Waals surface area contributed by atoms with Crippen LogP contribution in [0, 0.1) is 0 Å². The third kappa shape index (κ3) is 3.98. The van der Waals surface area contributed by atoms with Crippen molar-refractivity contribution in [3.8, 4) is 0 Å². The lowest BCUT2D eigenvalue weighted by Crippen LogP contribution is -2.22. The van der Waals surface area contributed by atoms with E-state index in [1.165, 1.54) is 14.2 Å². The molecule has 2 amide bonds. The second-order valence-electron chi connectivity index (χ2n) is 1.69. The van der Waals surface area contributed by atoms with Gasteiger partial charge in [0, 0.05) is 14.2 Å². The van der Waals surface area contributed by atoms with Gasteiger partial charge in [0.15, 0.2) is 6.29 Å². The Hall–Kier alpha value is -1.02. The van der Waals surface area contributed by atoms with Crippen LogP contribution >= 0.6 is 0 Å². The number of methoxy groups -OCH3 is 2. The summed E-state index contributed by atoms with van der Waals surface area (Å²) in [7, 11) is 2.70. The molecule has 0 spiro atoms. The molecule has 0 aromatic carbocycles. The average molecular weight is 178 g/mol. The van der Waals surface area contributed by atoms with Gasteiger partial charge in [0.05, 0.1) is 6.21 Å². The summed E-state index contributed by atoms with van der Waals surface area (Å²) in [5.74, 6) is 0. The molecule has 7 heteroatoms. The molecule has 0 heterocycles. The summed E-state index contributed by atoms with van der Waals surface area (Å²) < 4.78 is 9.25. The molecule has 0 rings (SSSR count). The highest BCUT2D eigenvalue weighted by atomic mass is 16.8. The lowest BCUT2D eigenvalue weighted by atomic mass is 10.7. The number of rotatable bonds is 3. The van der Waals surface area contributed by atoms with Crippen LogP contribution in [-0.4, -0.2) is 48.4 Å². The van der Waals surface area contributed by atoms with Crippen molar-refractivity contribution >= 4 is 12.2 Å². The summed E-state index contributed by atoms with van der Waals surface area (Å²) in [6, 6.07) is -1.23. The Morgan fingerprint density at radius 2 is 2.00 bits per heavy atom. The van der Waals surface area contributed by atoms with Crippen LogP contribution in [0.3, 0.4) is 0 Å². The van der Waals surface area contributed by atoms with Crippen LogP contribution in [-0.2, 0) is 9.47 Å². The first-order valence-corrected chi connectivity index (χ1v) is 2.93. The summed E-state index contributed by atoms with van der Waals surface area (Å²) in [5, 5.41) is 15.6. The third-order valence-corrected chi connectivity index (χ3v) is 0.942. The molecule has 0 aromatic heterocycles. The lowest BCUT2D eigenvalue weighted by molar-refractivity contribution is -0.256. The SMILES string of the molecule is COC(C=NC(=O)N(O)O)OC. The van der Waals surface area contributed by atoms with Crippen LogP contribution in [0.2, 0.25) is 0 Å². The molecule has 0 aliphatic heterocycles. The topological polar surface area (TPSA) is 91.6 Å². The maximum Gasteiger partial charge on any atom is 0.392 e. The molecule has 0 radical (unpaired) electrons. The van der Waals surface area contributed by atoms with E-state index < -0.39 is 17.5 Å². The Bertz CT molecular complexity index is 165. The number of carbonyl (C=O) groups is 1. The molecule has 0 saturated heterocycles. The zero-order chi connectivity index (χ0) is 9.56. The molecule has 12 heavy (non-hydrogen) atoms. The Balaban J connectivity index is 3.95. The molecule has 0 aliphatic rings. The van der Waals surface area contributed by atoms with Crippen molar-refractivity contribution in [1.29, 1.82) is 0 Å². The predicted octanol–water partition coefficient (Wildman–Crippen LogP) is -0.124. The maximum atomic E-state index is 10.4. The Kier molecular flexibility index (Phi) is 5.13. The van der Waals surface area contributed by atoms with Crippen LogP contribution in [0.4, 0.5) is 4.79 Å². The van der Waals surface area contributed by atoms with Crippen molar-refractivity contribution in [2.24, 2.45) is 4.99 Å². The first kappa shape index (κ1) is 11.0. The highest BCUT2D eigenvalue weighted by Gasteiger charge is 2.05. The minimum atomic E-state index is -1.23. The number of carbonyl (C=O) groups excluding carboxylic acids is 1. The molecule has 0 fully saturated rings. The van der Waals surface area contributed by atoms with Gasteiger partial charge < -0.3 is 9.47 Å². The summed E-state index contributed by atoms with van der Waals surface area (Å²) in [6.07, 6.45) is 0.204. The lowest BCUT2D eigenvalue weighted by Gasteiger charge is -2.06. The minimum absolute atomic E-state index is 0.640. The third-order valence-electron chi connectivity index (χ3n) is 0.942. The summed E-state index contributed by atoms with van der Waals surface area (Å²) >= 11 is 0. The molecule has 0 saturated carbocycles. The first-order valence-electron chi connectivity index (χ1n) is 2.93. The zero-order valence-electron chi connectivity index (χ0n) is 6.67. The number of aliphatic imine (C=N–C) groups is 1. The number of amides is 2. The number of nitrogens with zero attached hydrogens (tertiary/aromatic N) is 2. The molecular weight excluding hydrogens is 168 g/mol. The summed E-state index contributed by atoms with van der Waals surface area (Å²) in [6.45, 7) is 0. The van der Waals surface area contributed by atoms with E-state index in [2.05, 4.69) is 14.5 Å². The van der Waals surface area contributed by atoms with Gasteiger partial charge in [-0.3, -0.25) is 10.4 Å². The van der Waals surface area contributed by atoms with Crippen LogP contribution in [0.15, 0.2) is 4.99 Å². The van der Waals surface area contributed by atoms with E-state index in [0.717, 1.165) is 6.21 Å². The molecule has 0 unspecified atom stereocenters.